The first-order valence-electron chi connectivity index (χ1n) is 9.55. The van der Waals surface area contributed by atoms with Crippen LogP contribution in [0.5, 0.6) is 0 Å². The van der Waals surface area contributed by atoms with E-state index >= 15 is 0 Å². The Morgan fingerprint density at radius 1 is 1.10 bits per heavy atom. The summed E-state index contributed by atoms with van der Waals surface area (Å²) in [5, 5.41) is 2.54. The molecule has 0 aliphatic heterocycles. The molecule has 2 aromatic rings. The highest BCUT2D eigenvalue weighted by molar-refractivity contribution is 9.10. The Kier molecular flexibility index (Phi) is 8.58. The highest BCUT2D eigenvalue weighted by atomic mass is 79.9. The zero-order valence-corrected chi connectivity index (χ0v) is 19.9. The van der Waals surface area contributed by atoms with Crippen LogP contribution >= 0.6 is 15.9 Å². The second-order valence-corrected chi connectivity index (χ2v) is 9.75. The summed E-state index contributed by atoms with van der Waals surface area (Å²) in [6.07, 6.45) is 1.34. The maximum Gasteiger partial charge on any atom is 0.244 e. The number of halogens is 2. The number of hydrogen-bond acceptors (Lipinski definition) is 4. The van der Waals surface area contributed by atoms with Gasteiger partial charge in [0.1, 0.15) is 18.4 Å². The summed E-state index contributed by atoms with van der Waals surface area (Å²) >= 11 is 3.30. The highest BCUT2D eigenvalue weighted by Gasteiger charge is 2.31. The van der Waals surface area contributed by atoms with Gasteiger partial charge in [-0.2, -0.15) is 0 Å². The number of rotatable bonds is 9. The van der Waals surface area contributed by atoms with E-state index in [1.807, 2.05) is 0 Å². The van der Waals surface area contributed by atoms with E-state index in [0.29, 0.717) is 17.7 Å². The minimum Gasteiger partial charge on any atom is -0.357 e. The van der Waals surface area contributed by atoms with Crippen LogP contribution in [-0.4, -0.2) is 51.0 Å². The van der Waals surface area contributed by atoms with Crippen LogP contribution in [0, 0.1) is 5.82 Å². The Hall–Kier alpha value is -2.46. The molecular formula is C21H25BrFN3O4S. The van der Waals surface area contributed by atoms with Crippen molar-refractivity contribution in [2.24, 2.45) is 0 Å². The fourth-order valence-electron chi connectivity index (χ4n) is 3.09. The first-order chi connectivity index (χ1) is 14.6. The normalized spacial score (nSPS) is 12.2. The van der Waals surface area contributed by atoms with Crippen molar-refractivity contribution in [3.05, 3.63) is 64.4 Å². The van der Waals surface area contributed by atoms with E-state index in [1.165, 1.54) is 36.2 Å². The molecule has 0 spiro atoms. The summed E-state index contributed by atoms with van der Waals surface area (Å²) in [5.41, 5.74) is 0.945. The quantitative estimate of drug-likeness (QED) is 0.558. The van der Waals surface area contributed by atoms with Gasteiger partial charge in [0.05, 0.1) is 11.9 Å². The van der Waals surface area contributed by atoms with Crippen molar-refractivity contribution in [2.75, 3.05) is 24.2 Å². The molecule has 2 aromatic carbocycles. The molecule has 2 rings (SSSR count). The minimum absolute atomic E-state index is 0.0307. The molecule has 0 aromatic heterocycles. The number of hydrogen-bond donors (Lipinski definition) is 1. The van der Waals surface area contributed by atoms with Gasteiger partial charge in [0.25, 0.3) is 0 Å². The van der Waals surface area contributed by atoms with Gasteiger partial charge in [-0.25, -0.2) is 12.8 Å². The number of benzene rings is 2. The topological polar surface area (TPSA) is 86.8 Å². The third-order valence-electron chi connectivity index (χ3n) is 4.69. The number of carbonyl (C=O) groups excluding carboxylic acids is 2. The fourth-order valence-corrected chi connectivity index (χ4v) is 4.21. The average molecular weight is 514 g/mol. The molecule has 2 amide bonds. The first kappa shape index (κ1) is 24.8. The molecule has 1 N–H and O–H groups in total. The minimum atomic E-state index is -3.78. The molecule has 1 atom stereocenters. The molecule has 0 bridgehead atoms. The van der Waals surface area contributed by atoms with E-state index in [0.717, 1.165) is 15.0 Å². The summed E-state index contributed by atoms with van der Waals surface area (Å²) in [5.74, 6) is -1.33. The SMILES string of the molecule is CCC(C(=O)NC)N(Cc1ccc(F)cc1)C(=O)CN(c1ccc(Br)cc1)S(C)(=O)=O. The van der Waals surface area contributed by atoms with E-state index < -0.39 is 34.3 Å². The van der Waals surface area contributed by atoms with E-state index in [2.05, 4.69) is 21.2 Å². The molecular weight excluding hydrogens is 489 g/mol. The predicted molar refractivity (Wildman–Crippen MR) is 121 cm³/mol. The van der Waals surface area contributed by atoms with Gasteiger partial charge in [-0.1, -0.05) is 35.0 Å². The Balaban J connectivity index is 2.40. The lowest BCUT2D eigenvalue weighted by Gasteiger charge is -2.32. The molecule has 0 saturated carbocycles. The summed E-state index contributed by atoms with van der Waals surface area (Å²) in [6.45, 7) is 1.31. The van der Waals surface area contributed by atoms with Crippen molar-refractivity contribution < 1.29 is 22.4 Å². The van der Waals surface area contributed by atoms with E-state index in [-0.39, 0.29) is 12.5 Å². The predicted octanol–water partition coefficient (Wildman–Crippen LogP) is 2.91. The van der Waals surface area contributed by atoms with Gasteiger partial charge in [-0.05, 0) is 48.4 Å². The van der Waals surface area contributed by atoms with Crippen LogP contribution in [0.15, 0.2) is 53.0 Å². The second-order valence-electron chi connectivity index (χ2n) is 6.93. The van der Waals surface area contributed by atoms with Crippen molar-refractivity contribution in [3.63, 3.8) is 0 Å². The molecule has 0 heterocycles. The highest BCUT2D eigenvalue weighted by Crippen LogP contribution is 2.22. The molecule has 0 radical (unpaired) electrons. The third kappa shape index (κ3) is 6.76. The number of likely N-dealkylation sites (N-methyl/N-ethyl adjacent to an activating group) is 1. The van der Waals surface area contributed by atoms with Crippen LogP contribution in [0.3, 0.4) is 0 Å². The van der Waals surface area contributed by atoms with Gasteiger partial charge in [0, 0.05) is 18.1 Å². The molecule has 0 aliphatic rings. The van der Waals surface area contributed by atoms with E-state index in [4.69, 9.17) is 0 Å². The largest absolute Gasteiger partial charge is 0.357 e. The van der Waals surface area contributed by atoms with Gasteiger partial charge in [0.2, 0.25) is 21.8 Å². The summed E-state index contributed by atoms with van der Waals surface area (Å²) in [7, 11) is -2.31. The number of anilines is 1. The van der Waals surface area contributed by atoms with Crippen LogP contribution in [0.2, 0.25) is 0 Å². The standard InChI is InChI=1S/C21H25BrFN3O4S/c1-4-19(21(28)24-2)25(13-15-5-9-17(23)10-6-15)20(27)14-26(31(3,29)30)18-11-7-16(22)8-12-18/h5-12,19H,4,13-14H2,1-3H3,(H,24,28). The van der Waals surface area contributed by atoms with Crippen molar-refractivity contribution in [2.45, 2.75) is 25.9 Å². The van der Waals surface area contributed by atoms with Crippen molar-refractivity contribution in [3.8, 4) is 0 Å². The van der Waals surface area contributed by atoms with E-state index in [1.54, 1.807) is 31.2 Å². The molecule has 31 heavy (non-hydrogen) atoms. The fraction of sp³-hybridized carbons (Fsp3) is 0.333. The zero-order chi connectivity index (χ0) is 23.2. The smallest absolute Gasteiger partial charge is 0.244 e. The van der Waals surface area contributed by atoms with Gasteiger partial charge in [0.15, 0.2) is 0 Å². The van der Waals surface area contributed by atoms with Crippen LogP contribution in [0.4, 0.5) is 10.1 Å². The summed E-state index contributed by atoms with van der Waals surface area (Å²) in [6, 6.07) is 11.3. The second kappa shape index (κ2) is 10.7. The number of nitrogens with one attached hydrogen (secondary N) is 1. The number of nitrogens with zero attached hydrogens (tertiary/aromatic N) is 2. The lowest BCUT2D eigenvalue weighted by Crippen LogP contribution is -2.51. The Bertz CT molecular complexity index is 1010. The summed E-state index contributed by atoms with van der Waals surface area (Å²) in [4.78, 5) is 27.0. The maximum absolute atomic E-state index is 13.3. The average Bonchev–Trinajstić information content (AvgIpc) is 2.72. The van der Waals surface area contributed by atoms with Crippen LogP contribution in [0.1, 0.15) is 18.9 Å². The summed E-state index contributed by atoms with van der Waals surface area (Å²) < 4.78 is 39.9. The molecule has 0 saturated heterocycles. The Morgan fingerprint density at radius 3 is 2.16 bits per heavy atom. The molecule has 0 aliphatic carbocycles. The molecule has 7 nitrogen and oxygen atoms in total. The zero-order valence-electron chi connectivity index (χ0n) is 17.5. The monoisotopic (exact) mass is 513 g/mol. The number of amides is 2. The van der Waals surface area contributed by atoms with Crippen molar-refractivity contribution in [1.29, 1.82) is 0 Å². The Labute approximate surface area is 190 Å². The van der Waals surface area contributed by atoms with E-state index in [9.17, 15) is 22.4 Å². The maximum atomic E-state index is 13.3. The first-order valence-corrected chi connectivity index (χ1v) is 12.2. The van der Waals surface area contributed by atoms with Crippen molar-refractivity contribution in [1.82, 2.24) is 10.2 Å². The molecule has 1 unspecified atom stereocenters. The van der Waals surface area contributed by atoms with Crippen LogP contribution < -0.4 is 9.62 Å². The molecule has 168 valence electrons. The van der Waals surface area contributed by atoms with Crippen molar-refractivity contribution >= 4 is 43.5 Å². The number of sulfonamides is 1. The Morgan fingerprint density at radius 2 is 1.68 bits per heavy atom. The van der Waals surface area contributed by atoms with Gasteiger partial charge < -0.3 is 10.2 Å². The molecule has 10 heteroatoms. The number of carbonyl (C=O) groups is 2. The van der Waals surface area contributed by atoms with Gasteiger partial charge >= 0.3 is 0 Å². The molecule has 0 fully saturated rings. The van der Waals surface area contributed by atoms with Gasteiger partial charge in [-0.15, -0.1) is 0 Å². The van der Waals surface area contributed by atoms with Gasteiger partial charge in [-0.3, -0.25) is 13.9 Å². The lowest BCUT2D eigenvalue weighted by atomic mass is 10.1. The van der Waals surface area contributed by atoms with Crippen LogP contribution in [-0.2, 0) is 26.2 Å². The lowest BCUT2D eigenvalue weighted by molar-refractivity contribution is -0.140. The third-order valence-corrected chi connectivity index (χ3v) is 6.36. The van der Waals surface area contributed by atoms with Crippen LogP contribution in [0.25, 0.3) is 0 Å².